The lowest BCUT2D eigenvalue weighted by Crippen LogP contribution is -2.53. The number of likely N-dealkylation sites (N-methyl/N-ethyl adjacent to an activating group) is 1. The van der Waals surface area contributed by atoms with Gasteiger partial charge in [-0.2, -0.15) is 0 Å². The van der Waals surface area contributed by atoms with Gasteiger partial charge in [0.25, 0.3) is 5.91 Å². The van der Waals surface area contributed by atoms with Crippen LogP contribution in [0.25, 0.3) is 0 Å². The van der Waals surface area contributed by atoms with Crippen LogP contribution in [0.2, 0.25) is 0 Å². The van der Waals surface area contributed by atoms with Crippen molar-refractivity contribution in [3.8, 4) is 0 Å². The molecule has 1 aliphatic heterocycles. The van der Waals surface area contributed by atoms with Crippen molar-refractivity contribution in [3.63, 3.8) is 0 Å². The number of nitrogens with zero attached hydrogens (tertiary/aromatic N) is 1. The van der Waals surface area contributed by atoms with Gasteiger partial charge in [0.15, 0.2) is 5.76 Å². The van der Waals surface area contributed by atoms with Gasteiger partial charge in [-0.3, -0.25) is 9.59 Å². The van der Waals surface area contributed by atoms with Gasteiger partial charge in [0.2, 0.25) is 5.91 Å². The number of carbonyl (C=O) groups excluding carboxylic acids is 2. The number of carbonyl (C=O) groups is 2. The average Bonchev–Trinajstić information content (AvgIpc) is 3.18. The molecule has 132 valence electrons. The number of furan rings is 1. The van der Waals surface area contributed by atoms with Crippen LogP contribution in [0, 0.1) is 0 Å². The van der Waals surface area contributed by atoms with Gasteiger partial charge in [0.05, 0.1) is 6.26 Å². The predicted molar refractivity (Wildman–Crippen MR) is 94.1 cm³/mol. The van der Waals surface area contributed by atoms with E-state index in [1.807, 2.05) is 31.2 Å². The number of hydrogen-bond acceptors (Lipinski definition) is 4. The molecule has 3 rings (SSSR count). The summed E-state index contributed by atoms with van der Waals surface area (Å²) in [5.41, 5.74) is 2.18. The molecule has 1 unspecified atom stereocenters. The molecular weight excluding hydrogens is 318 g/mol. The van der Waals surface area contributed by atoms with Crippen molar-refractivity contribution in [1.29, 1.82) is 0 Å². The smallest absolute Gasteiger partial charge is 0.290 e. The maximum absolute atomic E-state index is 12.8. The molecule has 0 radical (unpaired) electrons. The van der Waals surface area contributed by atoms with E-state index in [1.165, 1.54) is 6.26 Å². The van der Waals surface area contributed by atoms with E-state index in [2.05, 4.69) is 10.6 Å². The minimum Gasteiger partial charge on any atom is -0.459 e. The molecule has 6 heteroatoms. The van der Waals surface area contributed by atoms with Gasteiger partial charge < -0.3 is 20.0 Å². The highest BCUT2D eigenvalue weighted by Gasteiger charge is 2.35. The van der Waals surface area contributed by atoms with Crippen molar-refractivity contribution in [1.82, 2.24) is 15.5 Å². The van der Waals surface area contributed by atoms with Crippen LogP contribution in [-0.2, 0) is 17.8 Å². The van der Waals surface area contributed by atoms with E-state index in [0.29, 0.717) is 26.1 Å². The molecule has 25 heavy (non-hydrogen) atoms. The number of nitrogens with one attached hydrogen (secondary N) is 2. The molecule has 2 amide bonds. The Morgan fingerprint density at radius 2 is 1.96 bits per heavy atom. The fourth-order valence-corrected chi connectivity index (χ4v) is 3.08. The van der Waals surface area contributed by atoms with E-state index in [1.54, 1.807) is 17.0 Å². The summed E-state index contributed by atoms with van der Waals surface area (Å²) < 4.78 is 5.24. The fourth-order valence-electron chi connectivity index (χ4n) is 3.08. The second-order valence-corrected chi connectivity index (χ2v) is 6.04. The van der Waals surface area contributed by atoms with Crippen LogP contribution in [0.5, 0.6) is 0 Å². The molecule has 2 heterocycles. The molecule has 2 N–H and O–H groups in total. The Kier molecular flexibility index (Phi) is 5.50. The highest BCUT2D eigenvalue weighted by atomic mass is 16.3. The topological polar surface area (TPSA) is 74.6 Å². The van der Waals surface area contributed by atoms with Gasteiger partial charge in [0, 0.05) is 26.1 Å². The quantitative estimate of drug-likeness (QED) is 0.782. The molecule has 1 aromatic carbocycles. The van der Waals surface area contributed by atoms with Crippen LogP contribution in [0.4, 0.5) is 0 Å². The van der Waals surface area contributed by atoms with E-state index >= 15 is 0 Å². The summed E-state index contributed by atoms with van der Waals surface area (Å²) in [7, 11) is 0. The summed E-state index contributed by atoms with van der Waals surface area (Å²) in [5, 5.41) is 6.09. The Bertz CT molecular complexity index is 727. The summed E-state index contributed by atoms with van der Waals surface area (Å²) in [4.78, 5) is 27.1. The summed E-state index contributed by atoms with van der Waals surface area (Å²) >= 11 is 0. The maximum Gasteiger partial charge on any atom is 0.290 e. The van der Waals surface area contributed by atoms with Crippen molar-refractivity contribution < 1.29 is 14.0 Å². The third kappa shape index (κ3) is 3.91. The number of rotatable bonds is 6. The summed E-state index contributed by atoms with van der Waals surface area (Å²) in [6.45, 7) is 4.52. The van der Waals surface area contributed by atoms with Crippen molar-refractivity contribution >= 4 is 11.8 Å². The van der Waals surface area contributed by atoms with Crippen LogP contribution in [0.3, 0.4) is 0 Å². The van der Waals surface area contributed by atoms with Crippen LogP contribution in [-0.4, -0.2) is 42.4 Å². The molecule has 1 aromatic heterocycles. The van der Waals surface area contributed by atoms with E-state index in [9.17, 15) is 9.59 Å². The lowest BCUT2D eigenvalue weighted by atomic mass is 9.93. The SMILES string of the molecule is CCNCCNC(=O)C1Cc2ccccc2CN1C(=O)c1ccco1. The molecule has 1 aliphatic rings. The number of fused-ring (bicyclic) bond motifs is 1. The van der Waals surface area contributed by atoms with Crippen molar-refractivity contribution in [2.75, 3.05) is 19.6 Å². The molecule has 0 spiro atoms. The van der Waals surface area contributed by atoms with Crippen molar-refractivity contribution in [2.45, 2.75) is 25.9 Å². The molecular formula is C19H23N3O3. The first kappa shape index (κ1) is 17.2. The first-order valence-electron chi connectivity index (χ1n) is 8.60. The fraction of sp³-hybridized carbons (Fsp3) is 0.368. The molecule has 0 bridgehead atoms. The summed E-state index contributed by atoms with van der Waals surface area (Å²) in [6.07, 6.45) is 1.98. The Labute approximate surface area is 147 Å². The lowest BCUT2D eigenvalue weighted by Gasteiger charge is -2.35. The van der Waals surface area contributed by atoms with Crippen LogP contribution in [0.1, 0.15) is 28.6 Å². The zero-order valence-corrected chi connectivity index (χ0v) is 14.3. The highest BCUT2D eigenvalue weighted by molar-refractivity contribution is 5.96. The van der Waals surface area contributed by atoms with Gasteiger partial charge in [-0.15, -0.1) is 0 Å². The van der Waals surface area contributed by atoms with E-state index in [0.717, 1.165) is 17.7 Å². The minimum atomic E-state index is -0.533. The number of hydrogen-bond donors (Lipinski definition) is 2. The second kappa shape index (κ2) is 7.98. The Morgan fingerprint density at radius 3 is 2.68 bits per heavy atom. The van der Waals surface area contributed by atoms with Crippen LogP contribution >= 0.6 is 0 Å². The normalized spacial score (nSPS) is 16.4. The van der Waals surface area contributed by atoms with Crippen LogP contribution < -0.4 is 10.6 Å². The summed E-state index contributed by atoms with van der Waals surface area (Å²) in [6, 6.07) is 10.7. The second-order valence-electron chi connectivity index (χ2n) is 6.04. The van der Waals surface area contributed by atoms with E-state index < -0.39 is 6.04 Å². The van der Waals surface area contributed by atoms with Gasteiger partial charge in [-0.25, -0.2) is 0 Å². The van der Waals surface area contributed by atoms with Gasteiger partial charge in [0.1, 0.15) is 6.04 Å². The molecule has 0 aliphatic carbocycles. The molecule has 0 fully saturated rings. The molecule has 2 aromatic rings. The third-order valence-corrected chi connectivity index (χ3v) is 4.40. The van der Waals surface area contributed by atoms with E-state index in [-0.39, 0.29) is 17.6 Å². The zero-order valence-electron chi connectivity index (χ0n) is 14.3. The van der Waals surface area contributed by atoms with Gasteiger partial charge in [-0.05, 0) is 29.8 Å². The molecule has 0 saturated heterocycles. The maximum atomic E-state index is 12.8. The lowest BCUT2D eigenvalue weighted by molar-refractivity contribution is -0.126. The largest absolute Gasteiger partial charge is 0.459 e. The number of benzene rings is 1. The first-order valence-corrected chi connectivity index (χ1v) is 8.60. The Morgan fingerprint density at radius 1 is 1.16 bits per heavy atom. The zero-order chi connectivity index (χ0) is 17.6. The predicted octanol–water partition coefficient (Wildman–Crippen LogP) is 1.57. The third-order valence-electron chi connectivity index (χ3n) is 4.40. The Balaban J connectivity index is 1.79. The number of amides is 2. The molecule has 1 atom stereocenters. The van der Waals surface area contributed by atoms with Crippen LogP contribution in [0.15, 0.2) is 47.1 Å². The monoisotopic (exact) mass is 341 g/mol. The Hall–Kier alpha value is -2.60. The standard InChI is InChI=1S/C19H23N3O3/c1-2-20-9-10-21-18(23)16-12-14-6-3-4-7-15(14)13-22(16)19(24)17-8-5-11-25-17/h3-8,11,16,20H,2,9-10,12-13H2,1H3,(H,21,23). The van der Waals surface area contributed by atoms with Gasteiger partial charge >= 0.3 is 0 Å². The summed E-state index contributed by atoms with van der Waals surface area (Å²) in [5.74, 6) is -0.136. The average molecular weight is 341 g/mol. The molecule has 0 saturated carbocycles. The van der Waals surface area contributed by atoms with Crippen molar-refractivity contribution in [3.05, 3.63) is 59.5 Å². The highest BCUT2D eigenvalue weighted by Crippen LogP contribution is 2.25. The van der Waals surface area contributed by atoms with Crippen molar-refractivity contribution in [2.24, 2.45) is 0 Å². The first-order chi connectivity index (χ1) is 12.2. The minimum absolute atomic E-state index is 0.132. The molecule has 6 nitrogen and oxygen atoms in total. The van der Waals surface area contributed by atoms with E-state index in [4.69, 9.17) is 4.42 Å². The van der Waals surface area contributed by atoms with Gasteiger partial charge in [-0.1, -0.05) is 31.2 Å².